The molecule has 27 heavy (non-hydrogen) atoms. The molecule has 0 N–H and O–H groups in total. The van der Waals surface area contributed by atoms with Gasteiger partial charge in [-0.2, -0.15) is 4.98 Å². The molecule has 1 amide bonds. The van der Waals surface area contributed by atoms with E-state index in [1.165, 1.54) is 0 Å². The Balaban J connectivity index is 1.34. The van der Waals surface area contributed by atoms with E-state index in [1.54, 1.807) is 0 Å². The zero-order valence-corrected chi connectivity index (χ0v) is 15.5. The SMILES string of the molecule is O=C(c1ccccc1)N1CCN(Cc2nc(-c3cccc(Cl)c3)no2)CC1. The van der Waals surface area contributed by atoms with Gasteiger partial charge in [0.15, 0.2) is 0 Å². The summed E-state index contributed by atoms with van der Waals surface area (Å²) in [5, 5.41) is 4.68. The fourth-order valence-corrected chi connectivity index (χ4v) is 3.32. The minimum Gasteiger partial charge on any atom is -0.338 e. The third-order valence-electron chi connectivity index (χ3n) is 4.59. The van der Waals surface area contributed by atoms with Gasteiger partial charge in [0.2, 0.25) is 11.7 Å². The molecular formula is C20H19ClN4O2. The van der Waals surface area contributed by atoms with Crippen molar-refractivity contribution in [2.45, 2.75) is 6.54 Å². The van der Waals surface area contributed by atoms with Gasteiger partial charge in [-0.05, 0) is 24.3 Å². The maximum atomic E-state index is 12.5. The highest BCUT2D eigenvalue weighted by Gasteiger charge is 2.23. The van der Waals surface area contributed by atoms with Gasteiger partial charge < -0.3 is 9.42 Å². The van der Waals surface area contributed by atoms with E-state index in [1.807, 2.05) is 59.5 Å². The highest BCUT2D eigenvalue weighted by atomic mass is 35.5. The van der Waals surface area contributed by atoms with Gasteiger partial charge in [0, 0.05) is 42.3 Å². The molecule has 0 radical (unpaired) electrons. The lowest BCUT2D eigenvalue weighted by Gasteiger charge is -2.34. The first-order valence-corrected chi connectivity index (χ1v) is 9.22. The molecule has 1 fully saturated rings. The van der Waals surface area contributed by atoms with E-state index in [0.29, 0.717) is 36.4 Å². The molecule has 1 saturated heterocycles. The molecule has 1 aromatic heterocycles. The molecule has 0 aliphatic carbocycles. The number of amides is 1. The highest BCUT2D eigenvalue weighted by Crippen LogP contribution is 2.20. The number of benzene rings is 2. The summed E-state index contributed by atoms with van der Waals surface area (Å²) in [6.45, 7) is 3.48. The van der Waals surface area contributed by atoms with Crippen LogP contribution in [0.25, 0.3) is 11.4 Å². The van der Waals surface area contributed by atoms with E-state index in [9.17, 15) is 4.79 Å². The van der Waals surface area contributed by atoms with Gasteiger partial charge in [-0.15, -0.1) is 0 Å². The van der Waals surface area contributed by atoms with Crippen LogP contribution in [-0.4, -0.2) is 52.0 Å². The first-order chi connectivity index (χ1) is 13.2. The second-order valence-electron chi connectivity index (χ2n) is 6.46. The lowest BCUT2D eigenvalue weighted by molar-refractivity contribution is 0.0615. The minimum absolute atomic E-state index is 0.0799. The third kappa shape index (κ3) is 4.18. The fourth-order valence-electron chi connectivity index (χ4n) is 3.13. The van der Waals surface area contributed by atoms with Crippen LogP contribution in [0.2, 0.25) is 5.02 Å². The number of carbonyl (C=O) groups is 1. The van der Waals surface area contributed by atoms with Gasteiger partial charge in [-0.3, -0.25) is 9.69 Å². The summed E-state index contributed by atoms with van der Waals surface area (Å²) >= 11 is 6.01. The third-order valence-corrected chi connectivity index (χ3v) is 4.83. The molecule has 6 nitrogen and oxygen atoms in total. The van der Waals surface area contributed by atoms with Crippen molar-refractivity contribution in [3.8, 4) is 11.4 Å². The Hall–Kier alpha value is -2.70. The topological polar surface area (TPSA) is 62.5 Å². The Morgan fingerprint density at radius 1 is 1.04 bits per heavy atom. The summed E-state index contributed by atoms with van der Waals surface area (Å²) in [6, 6.07) is 16.8. The monoisotopic (exact) mass is 382 g/mol. The number of nitrogens with zero attached hydrogens (tertiary/aromatic N) is 4. The van der Waals surface area contributed by atoms with Crippen molar-refractivity contribution >= 4 is 17.5 Å². The highest BCUT2D eigenvalue weighted by molar-refractivity contribution is 6.30. The molecule has 3 aromatic rings. The summed E-state index contributed by atoms with van der Waals surface area (Å²) in [5.74, 6) is 1.18. The lowest BCUT2D eigenvalue weighted by atomic mass is 10.2. The van der Waals surface area contributed by atoms with E-state index < -0.39 is 0 Å². The van der Waals surface area contributed by atoms with Crippen molar-refractivity contribution in [1.82, 2.24) is 19.9 Å². The number of carbonyl (C=O) groups excluding carboxylic acids is 1. The molecule has 1 aliphatic rings. The van der Waals surface area contributed by atoms with Crippen molar-refractivity contribution in [3.63, 3.8) is 0 Å². The normalized spacial score (nSPS) is 15.1. The van der Waals surface area contributed by atoms with Crippen molar-refractivity contribution < 1.29 is 9.32 Å². The Kier molecular flexibility index (Phi) is 5.18. The zero-order chi connectivity index (χ0) is 18.6. The molecule has 2 heterocycles. The molecule has 0 spiro atoms. The van der Waals surface area contributed by atoms with Crippen LogP contribution in [0.5, 0.6) is 0 Å². The Bertz CT molecular complexity index is 920. The van der Waals surface area contributed by atoms with Crippen molar-refractivity contribution in [2.75, 3.05) is 26.2 Å². The van der Waals surface area contributed by atoms with Crippen LogP contribution >= 0.6 is 11.6 Å². The molecule has 2 aromatic carbocycles. The predicted molar refractivity (Wildman–Crippen MR) is 102 cm³/mol. The van der Waals surface area contributed by atoms with Crippen molar-refractivity contribution in [2.24, 2.45) is 0 Å². The maximum absolute atomic E-state index is 12.5. The number of piperazine rings is 1. The van der Waals surface area contributed by atoms with Gasteiger partial charge in [-0.25, -0.2) is 0 Å². The molecule has 0 atom stereocenters. The summed E-state index contributed by atoms with van der Waals surface area (Å²) in [6.07, 6.45) is 0. The maximum Gasteiger partial charge on any atom is 0.253 e. The van der Waals surface area contributed by atoms with Crippen LogP contribution in [0.4, 0.5) is 0 Å². The Labute approximate surface area is 162 Å². The van der Waals surface area contributed by atoms with E-state index in [2.05, 4.69) is 15.0 Å². The van der Waals surface area contributed by atoms with Gasteiger partial charge in [-0.1, -0.05) is 47.1 Å². The lowest BCUT2D eigenvalue weighted by Crippen LogP contribution is -2.48. The van der Waals surface area contributed by atoms with Gasteiger partial charge in [0.25, 0.3) is 5.91 Å². The molecule has 0 bridgehead atoms. The summed E-state index contributed by atoms with van der Waals surface area (Å²) in [5.41, 5.74) is 1.56. The molecule has 7 heteroatoms. The average Bonchev–Trinajstić information content (AvgIpc) is 3.17. The Morgan fingerprint density at radius 2 is 1.81 bits per heavy atom. The minimum atomic E-state index is 0.0799. The fraction of sp³-hybridized carbons (Fsp3) is 0.250. The first kappa shape index (κ1) is 17.7. The largest absolute Gasteiger partial charge is 0.338 e. The van der Waals surface area contributed by atoms with Crippen LogP contribution in [-0.2, 0) is 6.54 Å². The molecule has 0 saturated carbocycles. The van der Waals surface area contributed by atoms with Crippen LogP contribution in [0.1, 0.15) is 16.2 Å². The Morgan fingerprint density at radius 3 is 2.56 bits per heavy atom. The summed E-state index contributed by atoms with van der Waals surface area (Å²) in [4.78, 5) is 21.1. The summed E-state index contributed by atoms with van der Waals surface area (Å²) < 4.78 is 5.38. The quantitative estimate of drug-likeness (QED) is 0.692. The molecule has 138 valence electrons. The number of hydrogen-bond donors (Lipinski definition) is 0. The van der Waals surface area contributed by atoms with Crippen molar-refractivity contribution in [3.05, 3.63) is 71.1 Å². The number of aromatic nitrogens is 2. The molecule has 1 aliphatic heterocycles. The van der Waals surface area contributed by atoms with Crippen molar-refractivity contribution in [1.29, 1.82) is 0 Å². The van der Waals surface area contributed by atoms with Crippen LogP contribution in [0.3, 0.4) is 0 Å². The zero-order valence-electron chi connectivity index (χ0n) is 14.7. The van der Waals surface area contributed by atoms with Crippen LogP contribution < -0.4 is 0 Å². The number of hydrogen-bond acceptors (Lipinski definition) is 5. The first-order valence-electron chi connectivity index (χ1n) is 8.84. The van der Waals surface area contributed by atoms with Crippen LogP contribution in [0.15, 0.2) is 59.1 Å². The van der Waals surface area contributed by atoms with E-state index in [0.717, 1.165) is 24.2 Å². The van der Waals surface area contributed by atoms with Gasteiger partial charge in [0.1, 0.15) is 0 Å². The number of halogens is 1. The predicted octanol–water partition coefficient (Wildman–Crippen LogP) is 3.35. The smallest absolute Gasteiger partial charge is 0.253 e. The van der Waals surface area contributed by atoms with E-state index in [-0.39, 0.29) is 5.91 Å². The molecule has 0 unspecified atom stereocenters. The molecular weight excluding hydrogens is 364 g/mol. The molecule has 4 rings (SSSR count). The second kappa shape index (κ2) is 7.90. The van der Waals surface area contributed by atoms with Gasteiger partial charge >= 0.3 is 0 Å². The standard InChI is InChI=1S/C20H19ClN4O2/c21-17-8-4-7-16(13-17)19-22-18(27-23-19)14-24-9-11-25(12-10-24)20(26)15-5-2-1-3-6-15/h1-8,13H,9-12,14H2. The number of rotatable bonds is 4. The van der Waals surface area contributed by atoms with Gasteiger partial charge in [0.05, 0.1) is 6.54 Å². The van der Waals surface area contributed by atoms with E-state index in [4.69, 9.17) is 16.1 Å². The van der Waals surface area contributed by atoms with E-state index >= 15 is 0 Å². The van der Waals surface area contributed by atoms with Crippen LogP contribution in [0, 0.1) is 0 Å². The second-order valence-corrected chi connectivity index (χ2v) is 6.89. The average molecular weight is 383 g/mol. The summed E-state index contributed by atoms with van der Waals surface area (Å²) in [7, 11) is 0.